The van der Waals surface area contributed by atoms with Crippen molar-refractivity contribution in [1.29, 1.82) is 0 Å². The fourth-order valence-corrected chi connectivity index (χ4v) is 6.18. The van der Waals surface area contributed by atoms with E-state index in [4.69, 9.17) is 19.4 Å². The highest BCUT2D eigenvalue weighted by Gasteiger charge is 2.13. The summed E-state index contributed by atoms with van der Waals surface area (Å²) in [5.41, 5.74) is 7.72. The molecule has 250 valence electrons. The van der Waals surface area contributed by atoms with Gasteiger partial charge in [0.1, 0.15) is 11.5 Å². The van der Waals surface area contributed by atoms with Crippen LogP contribution in [0.3, 0.4) is 0 Å². The number of pyridine rings is 2. The Hall–Kier alpha value is -5.56. The predicted octanol–water partition coefficient (Wildman–Crippen LogP) is 11.7. The molecule has 0 fully saturated rings. The molecule has 6 nitrogen and oxygen atoms in total. The number of aromatic nitrogens is 2. The molecular weight excluding hydrogens is 663 g/mol. The van der Waals surface area contributed by atoms with Crippen molar-refractivity contribution in [3.63, 3.8) is 0 Å². The van der Waals surface area contributed by atoms with Crippen molar-refractivity contribution in [3.8, 4) is 11.5 Å². The van der Waals surface area contributed by atoms with Crippen molar-refractivity contribution < 1.29 is 9.47 Å². The third-order valence-corrected chi connectivity index (χ3v) is 8.52. The number of hydrogen-bond acceptors (Lipinski definition) is 6. The molecule has 50 heavy (non-hydrogen) atoms. The molecule has 8 aromatic rings. The molecule has 2 N–H and O–H groups in total. The summed E-state index contributed by atoms with van der Waals surface area (Å²) < 4.78 is 12.6. The van der Waals surface area contributed by atoms with Gasteiger partial charge in [0.2, 0.25) is 0 Å². The molecule has 8 heteroatoms. The Morgan fingerprint density at radius 3 is 1.04 bits per heavy atom. The topological polar surface area (TPSA) is 68.3 Å². The van der Waals surface area contributed by atoms with E-state index in [2.05, 4.69) is 71.3 Å². The SMILES string of the molecule is Cl.Cl.c1ccc(OCCCCOc2ccccc2Nc2c3ccccc3nc3ccccc23)c(Nc2c3ccccc3nc3ccccc23)c1. The lowest BCUT2D eigenvalue weighted by molar-refractivity contribution is 0.268. The Morgan fingerprint density at radius 1 is 0.380 bits per heavy atom. The number of rotatable bonds is 11. The van der Waals surface area contributed by atoms with Crippen LogP contribution in [-0.2, 0) is 0 Å². The summed E-state index contributed by atoms with van der Waals surface area (Å²) in [5.74, 6) is 1.63. The van der Waals surface area contributed by atoms with Crippen LogP contribution in [0.15, 0.2) is 146 Å². The number of unbranched alkanes of at least 4 members (excludes halogenated alkanes) is 1. The standard InChI is InChI=1S/C42H34N4O2.2ClH/c1-5-19-33-29(15-1)41(30-16-2-6-20-34(30)43-33)45-37-23-9-11-25-39(37)47-27-13-14-28-48-40-26-12-10-24-38(40)46-42-31-17-3-7-21-35(31)44-36-22-8-4-18-32(36)42;;/h1-12,15-26H,13-14,27-28H2,(H,43,45)(H,44,46);2*1H. The molecule has 0 saturated heterocycles. The van der Waals surface area contributed by atoms with E-state index in [9.17, 15) is 0 Å². The van der Waals surface area contributed by atoms with E-state index < -0.39 is 0 Å². The Bertz CT molecular complexity index is 2130. The zero-order chi connectivity index (χ0) is 32.1. The van der Waals surface area contributed by atoms with Crippen LogP contribution in [0, 0.1) is 0 Å². The maximum atomic E-state index is 6.32. The molecule has 0 amide bonds. The first-order valence-electron chi connectivity index (χ1n) is 16.3. The molecule has 0 unspecified atom stereocenters. The van der Waals surface area contributed by atoms with E-state index in [1.54, 1.807) is 0 Å². The van der Waals surface area contributed by atoms with E-state index in [-0.39, 0.29) is 24.8 Å². The summed E-state index contributed by atoms with van der Waals surface area (Å²) in [5, 5.41) is 11.6. The molecular formula is C42H36Cl2N4O2. The minimum absolute atomic E-state index is 0. The summed E-state index contributed by atoms with van der Waals surface area (Å²) in [6, 6.07) is 49.1. The largest absolute Gasteiger partial charge is 0.491 e. The minimum Gasteiger partial charge on any atom is -0.491 e. The van der Waals surface area contributed by atoms with Crippen molar-refractivity contribution in [2.24, 2.45) is 0 Å². The average molecular weight is 700 g/mol. The zero-order valence-corrected chi connectivity index (χ0v) is 28.8. The fraction of sp³-hybridized carbons (Fsp3) is 0.0952. The van der Waals surface area contributed by atoms with Gasteiger partial charge >= 0.3 is 0 Å². The molecule has 6 aromatic carbocycles. The number of anilines is 4. The van der Waals surface area contributed by atoms with Crippen LogP contribution in [0.25, 0.3) is 43.6 Å². The monoisotopic (exact) mass is 698 g/mol. The van der Waals surface area contributed by atoms with Gasteiger partial charge in [-0.1, -0.05) is 97.1 Å². The highest BCUT2D eigenvalue weighted by Crippen LogP contribution is 2.37. The molecule has 0 spiro atoms. The third kappa shape index (κ3) is 7.08. The predicted molar refractivity (Wildman–Crippen MR) is 213 cm³/mol. The van der Waals surface area contributed by atoms with E-state index in [1.807, 2.05) is 84.9 Å². The van der Waals surface area contributed by atoms with Gasteiger partial charge in [0.15, 0.2) is 0 Å². The van der Waals surface area contributed by atoms with E-state index in [0.717, 1.165) is 90.7 Å². The number of nitrogens with zero attached hydrogens (tertiary/aromatic N) is 2. The quantitative estimate of drug-likeness (QED) is 0.103. The smallest absolute Gasteiger partial charge is 0.142 e. The van der Waals surface area contributed by atoms with Crippen LogP contribution in [0.4, 0.5) is 22.7 Å². The number of hydrogen-bond donors (Lipinski definition) is 2. The molecule has 0 saturated carbocycles. The van der Waals surface area contributed by atoms with Gasteiger partial charge in [-0.3, -0.25) is 0 Å². The second-order valence-corrected chi connectivity index (χ2v) is 11.7. The lowest BCUT2D eigenvalue weighted by atomic mass is 10.1. The number of benzene rings is 6. The number of para-hydroxylation sites is 8. The molecule has 0 aliphatic rings. The Morgan fingerprint density at radius 2 is 0.680 bits per heavy atom. The average Bonchev–Trinajstić information content (AvgIpc) is 3.14. The van der Waals surface area contributed by atoms with Gasteiger partial charge in [-0.2, -0.15) is 0 Å². The molecule has 0 aliphatic heterocycles. The van der Waals surface area contributed by atoms with Crippen LogP contribution in [-0.4, -0.2) is 23.2 Å². The van der Waals surface area contributed by atoms with Crippen LogP contribution in [0.1, 0.15) is 12.8 Å². The summed E-state index contributed by atoms with van der Waals surface area (Å²) in [6.45, 7) is 1.16. The first-order valence-corrected chi connectivity index (χ1v) is 16.3. The number of nitrogens with one attached hydrogen (secondary N) is 2. The van der Waals surface area contributed by atoms with Crippen molar-refractivity contribution in [2.45, 2.75) is 12.8 Å². The molecule has 0 radical (unpaired) electrons. The Labute approximate surface area is 303 Å². The number of halogens is 2. The molecule has 2 aromatic heterocycles. The van der Waals surface area contributed by atoms with Crippen molar-refractivity contribution >= 4 is 91.2 Å². The summed E-state index contributed by atoms with van der Waals surface area (Å²) in [6.07, 6.45) is 1.70. The summed E-state index contributed by atoms with van der Waals surface area (Å²) in [7, 11) is 0. The van der Waals surface area contributed by atoms with Crippen LogP contribution < -0.4 is 20.1 Å². The maximum absolute atomic E-state index is 6.32. The Kier molecular flexibility index (Phi) is 10.8. The first kappa shape index (κ1) is 34.3. The summed E-state index contributed by atoms with van der Waals surface area (Å²) >= 11 is 0. The normalized spacial score (nSPS) is 10.8. The van der Waals surface area contributed by atoms with Crippen LogP contribution >= 0.6 is 24.8 Å². The molecule has 8 rings (SSSR count). The van der Waals surface area contributed by atoms with Gasteiger partial charge < -0.3 is 20.1 Å². The third-order valence-electron chi connectivity index (χ3n) is 8.52. The van der Waals surface area contributed by atoms with Gasteiger partial charge in [-0.25, -0.2) is 9.97 Å². The fourth-order valence-electron chi connectivity index (χ4n) is 6.18. The minimum atomic E-state index is 0. The molecule has 0 aliphatic carbocycles. The number of ether oxygens (including phenoxy) is 2. The second kappa shape index (κ2) is 15.8. The van der Waals surface area contributed by atoms with E-state index >= 15 is 0 Å². The first-order chi connectivity index (χ1) is 23.8. The molecule has 0 bridgehead atoms. The Balaban J connectivity index is 0.00000216. The van der Waals surface area contributed by atoms with Crippen LogP contribution in [0.2, 0.25) is 0 Å². The van der Waals surface area contributed by atoms with Gasteiger partial charge in [0.25, 0.3) is 0 Å². The highest BCUT2D eigenvalue weighted by molar-refractivity contribution is 6.10. The van der Waals surface area contributed by atoms with Crippen molar-refractivity contribution in [2.75, 3.05) is 23.8 Å². The summed E-state index contributed by atoms with van der Waals surface area (Å²) in [4.78, 5) is 9.73. The second-order valence-electron chi connectivity index (χ2n) is 11.7. The van der Waals surface area contributed by atoms with Gasteiger partial charge in [0.05, 0.1) is 58.0 Å². The number of fused-ring (bicyclic) bond motifs is 4. The van der Waals surface area contributed by atoms with Gasteiger partial charge in [-0.05, 0) is 61.4 Å². The molecule has 2 heterocycles. The lowest BCUT2D eigenvalue weighted by Gasteiger charge is -2.17. The van der Waals surface area contributed by atoms with Crippen molar-refractivity contribution in [1.82, 2.24) is 9.97 Å². The highest BCUT2D eigenvalue weighted by atomic mass is 35.5. The van der Waals surface area contributed by atoms with E-state index in [1.165, 1.54) is 0 Å². The van der Waals surface area contributed by atoms with Gasteiger partial charge in [0, 0.05) is 21.5 Å². The van der Waals surface area contributed by atoms with Crippen molar-refractivity contribution in [3.05, 3.63) is 146 Å². The zero-order valence-electron chi connectivity index (χ0n) is 27.2. The lowest BCUT2D eigenvalue weighted by Crippen LogP contribution is -2.05. The maximum Gasteiger partial charge on any atom is 0.142 e. The van der Waals surface area contributed by atoms with Gasteiger partial charge in [-0.15, -0.1) is 24.8 Å². The molecule has 0 atom stereocenters. The van der Waals surface area contributed by atoms with E-state index in [0.29, 0.717) is 13.2 Å². The van der Waals surface area contributed by atoms with Crippen LogP contribution in [0.5, 0.6) is 11.5 Å².